The zero-order valence-electron chi connectivity index (χ0n) is 19.0. The third-order valence-corrected chi connectivity index (χ3v) is 5.47. The first kappa shape index (κ1) is 22.6. The van der Waals surface area contributed by atoms with E-state index < -0.39 is 5.97 Å². The largest absolute Gasteiger partial charge is 0.464 e. The fourth-order valence-corrected chi connectivity index (χ4v) is 3.61. The molecule has 31 heavy (non-hydrogen) atoms. The summed E-state index contributed by atoms with van der Waals surface area (Å²) in [6, 6.07) is 12.1. The Kier molecular flexibility index (Phi) is 7.16. The standard InChI is InChI=1S/C26H31NO4/c1-16(2)10-20-6-8-21(9-7-20)19(5)27-25(28)15-31-26(29)13-22-14-30-24-12-18(4)17(3)11-23(22)24/h6-9,11-12,14,16,19H,10,13,15H2,1-5H3,(H,27,28)/t19-/m1/s1. The van der Waals surface area contributed by atoms with Gasteiger partial charge in [0.05, 0.1) is 18.7 Å². The minimum absolute atomic E-state index is 0.0651. The summed E-state index contributed by atoms with van der Waals surface area (Å²) in [7, 11) is 0. The summed E-state index contributed by atoms with van der Waals surface area (Å²) in [6.07, 6.45) is 2.67. The molecule has 0 aliphatic heterocycles. The number of hydrogen-bond donors (Lipinski definition) is 1. The van der Waals surface area contributed by atoms with Crippen LogP contribution in [0.4, 0.5) is 0 Å². The fraction of sp³-hybridized carbons (Fsp3) is 0.385. The second-order valence-electron chi connectivity index (χ2n) is 8.66. The van der Waals surface area contributed by atoms with Gasteiger partial charge in [-0.2, -0.15) is 0 Å². The maximum atomic E-state index is 12.2. The molecular weight excluding hydrogens is 390 g/mol. The van der Waals surface area contributed by atoms with E-state index in [4.69, 9.17) is 9.15 Å². The van der Waals surface area contributed by atoms with Gasteiger partial charge in [-0.05, 0) is 67.5 Å². The third-order valence-electron chi connectivity index (χ3n) is 5.47. The van der Waals surface area contributed by atoms with Gasteiger partial charge < -0.3 is 14.5 Å². The molecule has 5 heteroatoms. The number of benzene rings is 2. The van der Waals surface area contributed by atoms with Crippen molar-refractivity contribution in [2.75, 3.05) is 6.61 Å². The first-order valence-electron chi connectivity index (χ1n) is 10.7. The Balaban J connectivity index is 1.50. The molecule has 1 aromatic heterocycles. The van der Waals surface area contributed by atoms with Crippen molar-refractivity contribution < 1.29 is 18.7 Å². The first-order valence-corrected chi connectivity index (χ1v) is 10.7. The lowest BCUT2D eigenvalue weighted by Crippen LogP contribution is -2.31. The molecule has 3 aromatic rings. The minimum atomic E-state index is -0.457. The van der Waals surface area contributed by atoms with Crippen LogP contribution in [0.5, 0.6) is 0 Å². The van der Waals surface area contributed by atoms with E-state index in [-0.39, 0.29) is 25.0 Å². The number of ether oxygens (including phenoxy) is 1. The zero-order chi connectivity index (χ0) is 22.5. The van der Waals surface area contributed by atoms with Crippen molar-refractivity contribution in [1.82, 2.24) is 5.32 Å². The molecule has 1 heterocycles. The first-order chi connectivity index (χ1) is 14.7. The summed E-state index contributed by atoms with van der Waals surface area (Å²) in [5, 5.41) is 3.78. The van der Waals surface area contributed by atoms with Crippen molar-refractivity contribution in [1.29, 1.82) is 0 Å². The molecule has 1 N–H and O–H groups in total. The number of carbonyl (C=O) groups excluding carboxylic acids is 2. The Morgan fingerprint density at radius 3 is 2.39 bits per heavy atom. The summed E-state index contributed by atoms with van der Waals surface area (Å²) >= 11 is 0. The fourth-order valence-electron chi connectivity index (χ4n) is 3.61. The predicted octanol–water partition coefficient (Wildman–Crippen LogP) is 5.21. The van der Waals surface area contributed by atoms with E-state index in [9.17, 15) is 9.59 Å². The number of furan rings is 1. The summed E-state index contributed by atoms with van der Waals surface area (Å²) in [4.78, 5) is 24.5. The van der Waals surface area contributed by atoms with Gasteiger partial charge in [-0.1, -0.05) is 38.1 Å². The molecule has 0 aliphatic carbocycles. The topological polar surface area (TPSA) is 68.5 Å². The lowest BCUT2D eigenvalue weighted by Gasteiger charge is -2.15. The molecule has 0 radical (unpaired) electrons. The Morgan fingerprint density at radius 1 is 1.03 bits per heavy atom. The van der Waals surface area contributed by atoms with Gasteiger partial charge in [-0.3, -0.25) is 9.59 Å². The van der Waals surface area contributed by atoms with Crippen molar-refractivity contribution >= 4 is 22.8 Å². The average molecular weight is 422 g/mol. The van der Waals surface area contributed by atoms with Gasteiger partial charge >= 0.3 is 5.97 Å². The highest BCUT2D eigenvalue weighted by atomic mass is 16.5. The quantitative estimate of drug-likeness (QED) is 0.507. The van der Waals surface area contributed by atoms with E-state index in [0.717, 1.165) is 39.6 Å². The van der Waals surface area contributed by atoms with Crippen molar-refractivity contribution in [3.8, 4) is 0 Å². The molecule has 5 nitrogen and oxygen atoms in total. The lowest BCUT2D eigenvalue weighted by atomic mass is 10.00. The van der Waals surface area contributed by atoms with Crippen molar-refractivity contribution in [3.63, 3.8) is 0 Å². The van der Waals surface area contributed by atoms with E-state index in [2.05, 4.69) is 31.3 Å². The number of aryl methyl sites for hydroxylation is 2. The third kappa shape index (κ3) is 5.97. The van der Waals surface area contributed by atoms with E-state index in [0.29, 0.717) is 5.92 Å². The molecule has 0 fully saturated rings. The minimum Gasteiger partial charge on any atom is -0.464 e. The Morgan fingerprint density at radius 2 is 1.71 bits per heavy atom. The predicted molar refractivity (Wildman–Crippen MR) is 122 cm³/mol. The second-order valence-corrected chi connectivity index (χ2v) is 8.66. The van der Waals surface area contributed by atoms with Gasteiger partial charge in [0.25, 0.3) is 5.91 Å². The van der Waals surface area contributed by atoms with E-state index in [1.54, 1.807) is 6.26 Å². The molecule has 0 aliphatic rings. The van der Waals surface area contributed by atoms with E-state index in [1.807, 2.05) is 45.0 Å². The van der Waals surface area contributed by atoms with Gasteiger partial charge in [-0.25, -0.2) is 0 Å². The van der Waals surface area contributed by atoms with Gasteiger partial charge in [0.15, 0.2) is 6.61 Å². The van der Waals surface area contributed by atoms with Crippen molar-refractivity contribution in [2.24, 2.45) is 5.92 Å². The summed E-state index contributed by atoms with van der Waals surface area (Å²) in [6.45, 7) is 10.0. The molecular formula is C26H31NO4. The normalized spacial score (nSPS) is 12.2. The highest BCUT2D eigenvalue weighted by Crippen LogP contribution is 2.25. The van der Waals surface area contributed by atoms with Crippen LogP contribution in [0.2, 0.25) is 0 Å². The number of fused-ring (bicyclic) bond motifs is 1. The van der Waals surface area contributed by atoms with Crippen LogP contribution in [-0.4, -0.2) is 18.5 Å². The van der Waals surface area contributed by atoms with E-state index in [1.165, 1.54) is 5.56 Å². The van der Waals surface area contributed by atoms with Crippen LogP contribution < -0.4 is 5.32 Å². The smallest absolute Gasteiger partial charge is 0.310 e. The molecule has 1 atom stereocenters. The van der Waals surface area contributed by atoms with Crippen LogP contribution in [0.15, 0.2) is 47.1 Å². The molecule has 1 amide bonds. The summed E-state index contributed by atoms with van der Waals surface area (Å²) in [5.41, 5.74) is 6.08. The molecule has 0 unspecified atom stereocenters. The zero-order valence-corrected chi connectivity index (χ0v) is 19.0. The van der Waals surface area contributed by atoms with Gasteiger partial charge in [0, 0.05) is 10.9 Å². The highest BCUT2D eigenvalue weighted by molar-refractivity contribution is 5.87. The highest BCUT2D eigenvalue weighted by Gasteiger charge is 2.15. The number of nitrogens with one attached hydrogen (secondary N) is 1. The molecule has 3 rings (SSSR count). The lowest BCUT2D eigenvalue weighted by molar-refractivity contribution is -0.148. The number of rotatable bonds is 8. The molecule has 0 saturated carbocycles. The van der Waals surface area contributed by atoms with Gasteiger partial charge in [0.1, 0.15) is 5.58 Å². The number of amides is 1. The average Bonchev–Trinajstić information content (AvgIpc) is 3.08. The van der Waals surface area contributed by atoms with Crippen LogP contribution in [0.1, 0.15) is 54.6 Å². The maximum absolute atomic E-state index is 12.2. The van der Waals surface area contributed by atoms with Gasteiger partial charge in [0.2, 0.25) is 0 Å². The molecule has 0 saturated heterocycles. The molecule has 164 valence electrons. The molecule has 0 spiro atoms. The van der Waals surface area contributed by atoms with Crippen molar-refractivity contribution in [2.45, 2.75) is 53.5 Å². The van der Waals surface area contributed by atoms with Crippen molar-refractivity contribution in [3.05, 3.63) is 70.5 Å². The number of carbonyl (C=O) groups is 2. The van der Waals surface area contributed by atoms with Crippen LogP contribution in [0.3, 0.4) is 0 Å². The summed E-state index contributed by atoms with van der Waals surface area (Å²) in [5.74, 6) is -0.178. The number of esters is 1. The Hall–Kier alpha value is -3.08. The maximum Gasteiger partial charge on any atom is 0.310 e. The van der Waals surface area contributed by atoms with Crippen LogP contribution in [-0.2, 0) is 27.2 Å². The Bertz CT molecular complexity index is 1060. The van der Waals surface area contributed by atoms with Gasteiger partial charge in [-0.15, -0.1) is 0 Å². The van der Waals surface area contributed by atoms with Crippen LogP contribution >= 0.6 is 0 Å². The molecule has 2 aromatic carbocycles. The number of hydrogen-bond acceptors (Lipinski definition) is 4. The summed E-state index contributed by atoms with van der Waals surface area (Å²) < 4.78 is 10.7. The van der Waals surface area contributed by atoms with Crippen LogP contribution in [0.25, 0.3) is 11.0 Å². The monoisotopic (exact) mass is 421 g/mol. The van der Waals surface area contributed by atoms with E-state index >= 15 is 0 Å². The SMILES string of the molecule is Cc1cc2occ(CC(=O)OCC(=O)N[C@H](C)c3ccc(CC(C)C)cc3)c2cc1C. The second kappa shape index (κ2) is 9.82. The van der Waals surface area contributed by atoms with Crippen LogP contribution in [0, 0.1) is 19.8 Å². The molecule has 0 bridgehead atoms. The Labute approximate surface area is 183 Å².